The number of hydrogen-bond acceptors (Lipinski definition) is 5. The van der Waals surface area contributed by atoms with Crippen molar-refractivity contribution in [2.24, 2.45) is 0 Å². The molecule has 0 bridgehead atoms. The summed E-state index contributed by atoms with van der Waals surface area (Å²) in [7, 11) is 0.846. The van der Waals surface area contributed by atoms with Crippen molar-refractivity contribution in [2.75, 3.05) is 33.0 Å². The van der Waals surface area contributed by atoms with Crippen LogP contribution in [0.5, 0.6) is 0 Å². The molecular formula is C16H19N3O5S. The molecule has 0 spiro atoms. The zero-order chi connectivity index (χ0) is 18.6. The highest BCUT2D eigenvalue weighted by Gasteiger charge is 2.18. The summed E-state index contributed by atoms with van der Waals surface area (Å²) >= 11 is 0. The fourth-order valence-electron chi connectivity index (χ4n) is 2.00. The summed E-state index contributed by atoms with van der Waals surface area (Å²) in [6.45, 7) is -0.169. The van der Waals surface area contributed by atoms with Gasteiger partial charge in [-0.25, -0.2) is 12.7 Å². The molecule has 1 N–H and O–H groups in total. The van der Waals surface area contributed by atoms with Crippen molar-refractivity contribution >= 4 is 27.5 Å². The molecule has 8 nitrogen and oxygen atoms in total. The molecule has 2 amide bonds. The van der Waals surface area contributed by atoms with Gasteiger partial charge in [0.1, 0.15) is 0 Å². The third-order valence-electron chi connectivity index (χ3n) is 3.38. The fourth-order valence-corrected chi connectivity index (χ4v) is 2.90. The van der Waals surface area contributed by atoms with Gasteiger partial charge in [-0.2, -0.15) is 0 Å². The second-order valence-corrected chi connectivity index (χ2v) is 7.65. The van der Waals surface area contributed by atoms with Crippen LogP contribution in [0.15, 0.2) is 52.0 Å². The van der Waals surface area contributed by atoms with Crippen molar-refractivity contribution in [1.82, 2.24) is 9.21 Å². The van der Waals surface area contributed by atoms with Gasteiger partial charge >= 0.3 is 0 Å². The Labute approximate surface area is 146 Å². The van der Waals surface area contributed by atoms with E-state index in [1.807, 2.05) is 0 Å². The van der Waals surface area contributed by atoms with Gasteiger partial charge in [0, 0.05) is 26.8 Å². The number of nitrogens with zero attached hydrogens (tertiary/aromatic N) is 2. The molecule has 2 aromatic rings. The number of carbonyl (C=O) groups excluding carboxylic acids is 2. The quantitative estimate of drug-likeness (QED) is 0.830. The summed E-state index contributed by atoms with van der Waals surface area (Å²) in [6, 6.07) is 8.89. The number of sulfonamides is 1. The lowest BCUT2D eigenvalue weighted by molar-refractivity contribution is -0.116. The molecular weight excluding hydrogens is 346 g/mol. The molecule has 25 heavy (non-hydrogen) atoms. The first-order chi connectivity index (χ1) is 11.7. The molecule has 134 valence electrons. The minimum absolute atomic E-state index is 0.126. The van der Waals surface area contributed by atoms with Crippen molar-refractivity contribution in [3.63, 3.8) is 0 Å². The summed E-state index contributed by atoms with van der Waals surface area (Å²) in [6.07, 6.45) is 1.38. The van der Waals surface area contributed by atoms with Crippen LogP contribution in [0, 0.1) is 0 Å². The Balaban J connectivity index is 1.98. The summed E-state index contributed by atoms with van der Waals surface area (Å²) in [4.78, 5) is 25.4. The third kappa shape index (κ3) is 4.46. The van der Waals surface area contributed by atoms with E-state index in [2.05, 4.69) is 5.32 Å². The molecule has 1 aromatic carbocycles. The van der Waals surface area contributed by atoms with Crippen LogP contribution < -0.4 is 5.32 Å². The molecule has 0 fully saturated rings. The molecule has 0 saturated heterocycles. The molecule has 0 saturated carbocycles. The van der Waals surface area contributed by atoms with Crippen LogP contribution in [0.3, 0.4) is 0 Å². The number of hydrogen-bond donors (Lipinski definition) is 1. The van der Waals surface area contributed by atoms with E-state index < -0.39 is 21.8 Å². The van der Waals surface area contributed by atoms with E-state index in [1.54, 1.807) is 6.07 Å². The zero-order valence-corrected chi connectivity index (χ0v) is 14.9. The molecule has 9 heteroatoms. The Morgan fingerprint density at radius 2 is 1.72 bits per heavy atom. The molecule has 0 aliphatic heterocycles. The van der Waals surface area contributed by atoms with Gasteiger partial charge in [-0.1, -0.05) is 0 Å². The maximum Gasteiger partial charge on any atom is 0.289 e. The molecule has 0 atom stereocenters. The van der Waals surface area contributed by atoms with Gasteiger partial charge in [-0.15, -0.1) is 0 Å². The normalized spacial score (nSPS) is 11.4. The zero-order valence-electron chi connectivity index (χ0n) is 14.1. The van der Waals surface area contributed by atoms with Gasteiger partial charge in [-0.3, -0.25) is 9.59 Å². The smallest absolute Gasteiger partial charge is 0.289 e. The average Bonchev–Trinajstić information content (AvgIpc) is 3.08. The van der Waals surface area contributed by atoms with E-state index in [4.69, 9.17) is 4.42 Å². The third-order valence-corrected chi connectivity index (χ3v) is 5.21. The number of anilines is 1. The summed E-state index contributed by atoms with van der Waals surface area (Å²) in [5, 5.41) is 2.61. The van der Waals surface area contributed by atoms with Gasteiger partial charge in [0.25, 0.3) is 5.91 Å². The number of likely N-dealkylation sites (N-methyl/N-ethyl adjacent to an activating group) is 1. The summed E-state index contributed by atoms with van der Waals surface area (Å²) in [5.74, 6) is -0.674. The van der Waals surface area contributed by atoms with Crippen LogP contribution in [0.2, 0.25) is 0 Å². The van der Waals surface area contributed by atoms with Gasteiger partial charge in [0.15, 0.2) is 5.76 Å². The molecule has 0 radical (unpaired) electrons. The second kappa shape index (κ2) is 7.49. The van der Waals surface area contributed by atoms with E-state index in [-0.39, 0.29) is 17.2 Å². The van der Waals surface area contributed by atoms with Gasteiger partial charge in [0.05, 0.1) is 17.7 Å². The lowest BCUT2D eigenvalue weighted by atomic mass is 10.3. The number of carbonyl (C=O) groups is 2. The maximum atomic E-state index is 12.0. The highest BCUT2D eigenvalue weighted by molar-refractivity contribution is 7.89. The minimum atomic E-state index is -3.52. The molecule has 1 aromatic heterocycles. The second-order valence-electron chi connectivity index (χ2n) is 5.50. The molecule has 0 aliphatic rings. The average molecular weight is 365 g/mol. The largest absolute Gasteiger partial charge is 0.459 e. The number of furan rings is 1. The highest BCUT2D eigenvalue weighted by atomic mass is 32.2. The number of rotatable bonds is 6. The molecule has 0 unspecified atom stereocenters. The molecule has 1 heterocycles. The van der Waals surface area contributed by atoms with Crippen molar-refractivity contribution in [2.45, 2.75) is 4.90 Å². The highest BCUT2D eigenvalue weighted by Crippen LogP contribution is 2.16. The maximum absolute atomic E-state index is 12.0. The Morgan fingerprint density at radius 1 is 1.08 bits per heavy atom. The van der Waals surface area contributed by atoms with Crippen LogP contribution in [0.4, 0.5) is 5.69 Å². The Hall–Kier alpha value is -2.65. The van der Waals surface area contributed by atoms with Gasteiger partial charge < -0.3 is 14.6 Å². The molecule has 2 rings (SSSR count). The number of benzene rings is 1. The van der Waals surface area contributed by atoms with Gasteiger partial charge in [-0.05, 0) is 36.4 Å². The Bertz CT molecular complexity index is 842. The van der Waals surface area contributed by atoms with E-state index in [0.29, 0.717) is 5.69 Å². The number of amides is 2. The van der Waals surface area contributed by atoms with Crippen molar-refractivity contribution in [3.05, 3.63) is 48.4 Å². The topological polar surface area (TPSA) is 99.9 Å². The Kier molecular flexibility index (Phi) is 5.60. The van der Waals surface area contributed by atoms with Crippen molar-refractivity contribution < 1.29 is 22.4 Å². The Morgan fingerprint density at radius 3 is 2.24 bits per heavy atom. The van der Waals surface area contributed by atoms with E-state index in [9.17, 15) is 18.0 Å². The summed E-state index contributed by atoms with van der Waals surface area (Å²) in [5.41, 5.74) is 0.432. The monoisotopic (exact) mass is 365 g/mol. The number of nitrogens with one attached hydrogen (secondary N) is 1. The van der Waals surface area contributed by atoms with Crippen LogP contribution in [0.1, 0.15) is 10.6 Å². The van der Waals surface area contributed by atoms with Crippen molar-refractivity contribution in [3.8, 4) is 0 Å². The van der Waals surface area contributed by atoms with Crippen LogP contribution in [-0.2, 0) is 14.8 Å². The first-order valence-corrected chi connectivity index (χ1v) is 8.77. The van der Waals surface area contributed by atoms with Crippen molar-refractivity contribution in [1.29, 1.82) is 0 Å². The predicted molar refractivity (Wildman–Crippen MR) is 91.6 cm³/mol. The standard InChI is InChI=1S/C16H19N3O5S/c1-18(2)25(22,23)13-8-6-12(7-9-13)17-15(20)11-19(3)16(21)14-5-4-10-24-14/h4-10H,11H2,1-3H3,(H,17,20). The fraction of sp³-hybridized carbons (Fsp3) is 0.250. The molecule has 0 aliphatic carbocycles. The van der Waals surface area contributed by atoms with Crippen LogP contribution >= 0.6 is 0 Å². The van der Waals surface area contributed by atoms with E-state index >= 15 is 0 Å². The van der Waals surface area contributed by atoms with E-state index in [0.717, 1.165) is 4.31 Å². The van der Waals surface area contributed by atoms with Gasteiger partial charge in [0.2, 0.25) is 15.9 Å². The lowest BCUT2D eigenvalue weighted by Crippen LogP contribution is -2.34. The van der Waals surface area contributed by atoms with E-state index in [1.165, 1.54) is 62.6 Å². The first kappa shape index (κ1) is 18.7. The lowest BCUT2D eigenvalue weighted by Gasteiger charge is -2.16. The summed E-state index contributed by atoms with van der Waals surface area (Å²) < 4.78 is 30.1. The SMILES string of the molecule is CN(CC(=O)Nc1ccc(S(=O)(=O)N(C)C)cc1)C(=O)c1ccco1. The first-order valence-electron chi connectivity index (χ1n) is 7.33. The van der Waals surface area contributed by atoms with Crippen LogP contribution in [0.25, 0.3) is 0 Å². The van der Waals surface area contributed by atoms with Crippen LogP contribution in [-0.4, -0.2) is 57.1 Å². The predicted octanol–water partition coefficient (Wildman–Crippen LogP) is 1.24. The minimum Gasteiger partial charge on any atom is -0.459 e.